The Kier molecular flexibility index (Phi) is 5.18. The number of hydrogen-bond acceptors (Lipinski definition) is 4. The molecule has 3 aromatic rings. The Morgan fingerprint density at radius 1 is 1.28 bits per heavy atom. The number of rotatable bonds is 5. The lowest BCUT2D eigenvalue weighted by molar-refractivity contribution is 0.0747. The first-order chi connectivity index (χ1) is 13.7. The highest BCUT2D eigenvalue weighted by molar-refractivity contribution is 6.11. The molecule has 2 aromatic heterocycles. The number of hydrogen-bond donors (Lipinski definition) is 4. The van der Waals surface area contributed by atoms with Crippen molar-refractivity contribution in [1.29, 1.82) is 10.8 Å². The van der Waals surface area contributed by atoms with Crippen LogP contribution in [-0.2, 0) is 13.0 Å². The van der Waals surface area contributed by atoms with Crippen LogP contribution < -0.4 is 11.3 Å². The van der Waals surface area contributed by atoms with Crippen molar-refractivity contribution in [2.24, 2.45) is 17.8 Å². The van der Waals surface area contributed by atoms with Crippen molar-refractivity contribution >= 4 is 28.3 Å². The van der Waals surface area contributed by atoms with E-state index in [-0.39, 0.29) is 11.3 Å². The number of aliphatic imine (C=N–C) groups is 1. The fraction of sp³-hybridized carbons (Fsp3) is 0.105. The minimum Gasteiger partial charge on any atom is -0.382 e. The summed E-state index contributed by atoms with van der Waals surface area (Å²) in [7, 11) is 1.69. The first-order valence-electron chi connectivity index (χ1n) is 8.37. The molecule has 0 saturated heterocycles. The number of nitrogens with one attached hydrogen (secondary N) is 3. The Bertz CT molecular complexity index is 1220. The van der Waals surface area contributed by atoms with Gasteiger partial charge in [-0.1, -0.05) is 6.07 Å². The first kappa shape index (κ1) is 19.8. The maximum atomic E-state index is 14.7. The van der Waals surface area contributed by atoms with Gasteiger partial charge in [-0.25, -0.2) is 4.99 Å². The SMILES string of the molecule is Cn1cc(C(=N)/C=C\C(=N)N=C(N)C(F)(F)c2ccc3[nH]c(=O)ccc3c2)cn1. The van der Waals surface area contributed by atoms with Gasteiger partial charge in [-0.3, -0.25) is 14.9 Å². The van der Waals surface area contributed by atoms with Crippen molar-refractivity contribution in [3.8, 4) is 0 Å². The number of H-pyrrole nitrogens is 1. The molecule has 148 valence electrons. The molecule has 0 saturated carbocycles. The van der Waals surface area contributed by atoms with E-state index in [1.165, 1.54) is 41.2 Å². The van der Waals surface area contributed by atoms with Crippen LogP contribution in [0, 0.1) is 10.8 Å². The van der Waals surface area contributed by atoms with Crippen molar-refractivity contribution in [3.05, 3.63) is 76.4 Å². The molecule has 0 unspecified atom stereocenters. The summed E-state index contributed by atoms with van der Waals surface area (Å²) in [4.78, 5) is 17.3. The van der Waals surface area contributed by atoms with E-state index in [1.807, 2.05) is 0 Å². The molecule has 3 rings (SSSR count). The van der Waals surface area contributed by atoms with Crippen molar-refractivity contribution in [1.82, 2.24) is 14.8 Å². The van der Waals surface area contributed by atoms with E-state index in [1.54, 1.807) is 13.2 Å². The third-order valence-electron chi connectivity index (χ3n) is 4.07. The van der Waals surface area contributed by atoms with Gasteiger partial charge in [0, 0.05) is 36.0 Å². The summed E-state index contributed by atoms with van der Waals surface area (Å²) in [6.45, 7) is 0. The van der Waals surface area contributed by atoms with Crippen LogP contribution in [0.4, 0.5) is 8.78 Å². The van der Waals surface area contributed by atoms with Gasteiger partial charge in [-0.05, 0) is 35.7 Å². The molecular formula is C19H17F2N7O. The highest BCUT2D eigenvalue weighted by Gasteiger charge is 2.37. The van der Waals surface area contributed by atoms with Crippen LogP contribution in [0.25, 0.3) is 10.9 Å². The third-order valence-corrected chi connectivity index (χ3v) is 4.07. The summed E-state index contributed by atoms with van der Waals surface area (Å²) in [6.07, 6.45) is 5.42. The lowest BCUT2D eigenvalue weighted by atomic mass is 10.0. The Labute approximate surface area is 163 Å². The van der Waals surface area contributed by atoms with E-state index < -0.39 is 23.2 Å². The van der Waals surface area contributed by atoms with E-state index in [0.29, 0.717) is 16.5 Å². The number of alkyl halides is 2. The van der Waals surface area contributed by atoms with Crippen LogP contribution in [0.3, 0.4) is 0 Å². The Morgan fingerprint density at radius 2 is 2.03 bits per heavy atom. The van der Waals surface area contributed by atoms with E-state index in [0.717, 1.165) is 12.1 Å². The predicted molar refractivity (Wildman–Crippen MR) is 107 cm³/mol. The number of aryl methyl sites for hydroxylation is 1. The zero-order valence-corrected chi connectivity index (χ0v) is 15.3. The molecule has 0 aliphatic heterocycles. The summed E-state index contributed by atoms with van der Waals surface area (Å²) in [5.41, 5.74) is 5.69. The second-order valence-corrected chi connectivity index (χ2v) is 6.23. The van der Waals surface area contributed by atoms with Gasteiger partial charge < -0.3 is 16.1 Å². The molecule has 0 bridgehead atoms. The van der Waals surface area contributed by atoms with E-state index in [2.05, 4.69) is 15.1 Å². The molecule has 29 heavy (non-hydrogen) atoms. The summed E-state index contributed by atoms with van der Waals surface area (Å²) >= 11 is 0. The summed E-state index contributed by atoms with van der Waals surface area (Å²) in [5, 5.41) is 19.9. The van der Waals surface area contributed by atoms with Crippen LogP contribution in [0.15, 0.2) is 64.7 Å². The number of nitrogens with zero attached hydrogens (tertiary/aromatic N) is 3. The predicted octanol–water partition coefficient (Wildman–Crippen LogP) is 2.31. The molecule has 0 aliphatic carbocycles. The van der Waals surface area contributed by atoms with Gasteiger partial charge in [0.05, 0.1) is 11.9 Å². The number of amidine groups is 2. The molecule has 1 aromatic carbocycles. The minimum atomic E-state index is -3.62. The maximum absolute atomic E-state index is 14.7. The topological polar surface area (TPSA) is 137 Å². The van der Waals surface area contributed by atoms with Crippen LogP contribution in [-0.4, -0.2) is 32.1 Å². The molecule has 0 aliphatic rings. The van der Waals surface area contributed by atoms with Crippen molar-refractivity contribution < 1.29 is 8.78 Å². The molecule has 0 atom stereocenters. The van der Waals surface area contributed by atoms with Gasteiger partial charge in [-0.2, -0.15) is 13.9 Å². The molecule has 2 heterocycles. The maximum Gasteiger partial charge on any atom is 0.329 e. The number of aromatic nitrogens is 3. The van der Waals surface area contributed by atoms with Crippen molar-refractivity contribution in [2.45, 2.75) is 5.92 Å². The van der Waals surface area contributed by atoms with Crippen LogP contribution in [0.2, 0.25) is 0 Å². The average molecular weight is 397 g/mol. The number of aromatic amines is 1. The zero-order valence-electron chi connectivity index (χ0n) is 15.3. The summed E-state index contributed by atoms with van der Waals surface area (Å²) in [5.74, 6) is -5.20. The molecule has 0 amide bonds. The second kappa shape index (κ2) is 7.58. The second-order valence-electron chi connectivity index (χ2n) is 6.23. The van der Waals surface area contributed by atoms with E-state index in [4.69, 9.17) is 16.6 Å². The first-order valence-corrected chi connectivity index (χ1v) is 8.37. The average Bonchev–Trinajstić information content (AvgIpc) is 3.12. The largest absolute Gasteiger partial charge is 0.382 e. The molecule has 0 radical (unpaired) electrons. The lowest BCUT2D eigenvalue weighted by Crippen LogP contribution is -2.34. The van der Waals surface area contributed by atoms with Crippen LogP contribution in [0.1, 0.15) is 11.1 Å². The molecular weight excluding hydrogens is 380 g/mol. The highest BCUT2D eigenvalue weighted by atomic mass is 19.3. The van der Waals surface area contributed by atoms with Crippen LogP contribution in [0.5, 0.6) is 0 Å². The fourth-order valence-electron chi connectivity index (χ4n) is 2.55. The summed E-state index contributed by atoms with van der Waals surface area (Å²) < 4.78 is 30.9. The highest BCUT2D eigenvalue weighted by Crippen LogP contribution is 2.30. The molecule has 0 spiro atoms. The quantitative estimate of drug-likeness (QED) is 0.388. The Morgan fingerprint density at radius 3 is 2.72 bits per heavy atom. The van der Waals surface area contributed by atoms with Gasteiger partial charge in [0.2, 0.25) is 5.56 Å². The van der Waals surface area contributed by atoms with Gasteiger partial charge in [-0.15, -0.1) is 0 Å². The zero-order chi connectivity index (χ0) is 21.2. The van der Waals surface area contributed by atoms with Gasteiger partial charge in [0.15, 0.2) is 5.84 Å². The Balaban J connectivity index is 1.80. The van der Waals surface area contributed by atoms with Gasteiger partial charge >= 0.3 is 5.92 Å². The lowest BCUT2D eigenvalue weighted by Gasteiger charge is -2.16. The third kappa shape index (κ3) is 4.32. The van der Waals surface area contributed by atoms with Crippen molar-refractivity contribution in [3.63, 3.8) is 0 Å². The van der Waals surface area contributed by atoms with E-state index >= 15 is 0 Å². The monoisotopic (exact) mass is 397 g/mol. The number of allylic oxidation sites excluding steroid dienone is 1. The van der Waals surface area contributed by atoms with E-state index in [9.17, 15) is 13.6 Å². The molecule has 8 nitrogen and oxygen atoms in total. The smallest absolute Gasteiger partial charge is 0.329 e. The fourth-order valence-corrected chi connectivity index (χ4v) is 2.55. The Hall–Kier alpha value is -3.95. The molecule has 5 N–H and O–H groups in total. The van der Waals surface area contributed by atoms with Crippen LogP contribution >= 0.6 is 0 Å². The van der Waals surface area contributed by atoms with Gasteiger partial charge in [0.25, 0.3) is 0 Å². The van der Waals surface area contributed by atoms with Crippen molar-refractivity contribution in [2.75, 3.05) is 0 Å². The molecule has 0 fully saturated rings. The summed E-state index contributed by atoms with van der Waals surface area (Å²) in [6, 6.07) is 6.35. The number of fused-ring (bicyclic) bond motifs is 1. The standard InChI is InChI=1S/C19H17F2N7O/c1-28-10-12(9-25-28)14(22)4-6-16(23)27-18(24)19(20,21)13-3-5-15-11(8-13)2-7-17(29)26-15/h2-10,22H,1H3,(H,26,29)(H3,23,24,27)/b6-4-,22-14?. The number of benzene rings is 1. The normalized spacial score (nSPS) is 12.6. The number of pyridine rings is 1. The van der Waals surface area contributed by atoms with Gasteiger partial charge in [0.1, 0.15) is 5.84 Å². The minimum absolute atomic E-state index is 0.0481. The number of nitrogens with two attached hydrogens (primary N) is 1. The number of halogens is 2. The molecule has 10 heteroatoms.